The Morgan fingerprint density at radius 2 is 2.05 bits per heavy atom. The monoisotopic (exact) mass is 283 g/mol. The third kappa shape index (κ3) is 2.79. The first-order chi connectivity index (χ1) is 10.1. The van der Waals surface area contributed by atoms with Crippen LogP contribution in [0, 0.1) is 0 Å². The second-order valence-electron chi connectivity index (χ2n) is 6.02. The minimum Gasteiger partial charge on any atom is -0.497 e. The van der Waals surface area contributed by atoms with Gasteiger partial charge in [0.25, 0.3) is 0 Å². The Kier molecular flexibility index (Phi) is 3.68. The Labute approximate surface area is 125 Å². The summed E-state index contributed by atoms with van der Waals surface area (Å²) in [5.74, 6) is 0.946. The van der Waals surface area contributed by atoms with E-state index in [0.717, 1.165) is 29.8 Å². The average Bonchev–Trinajstić information content (AvgIpc) is 2.92. The number of hydrogen-bond donors (Lipinski definition) is 1. The van der Waals surface area contributed by atoms with E-state index in [-0.39, 0.29) is 5.92 Å². The molecule has 2 aromatic rings. The molecule has 3 rings (SSSR count). The molecule has 0 saturated carbocycles. The van der Waals surface area contributed by atoms with Crippen molar-refractivity contribution in [3.05, 3.63) is 59.4 Å². The molecule has 3 nitrogen and oxygen atoms in total. The standard InChI is InChI=1S/C18H21NO2/c1-18(20,12-13-5-8-15(21-2)9-6-13)16-10-7-14-4-3-11-19-17(14)16/h3-6,8-9,11,16,20H,7,10,12H2,1-2H3. The van der Waals surface area contributed by atoms with Crippen molar-refractivity contribution in [3.8, 4) is 5.75 Å². The highest BCUT2D eigenvalue weighted by Crippen LogP contribution is 2.40. The van der Waals surface area contributed by atoms with Gasteiger partial charge in [0.1, 0.15) is 5.75 Å². The first kappa shape index (κ1) is 14.1. The maximum absolute atomic E-state index is 11.0. The van der Waals surface area contributed by atoms with E-state index < -0.39 is 5.60 Å². The van der Waals surface area contributed by atoms with Crippen molar-refractivity contribution in [2.75, 3.05) is 7.11 Å². The van der Waals surface area contributed by atoms with Gasteiger partial charge < -0.3 is 9.84 Å². The van der Waals surface area contributed by atoms with E-state index in [1.54, 1.807) is 7.11 Å². The van der Waals surface area contributed by atoms with Gasteiger partial charge in [-0.05, 0) is 49.1 Å². The predicted molar refractivity (Wildman–Crippen MR) is 82.6 cm³/mol. The summed E-state index contributed by atoms with van der Waals surface area (Å²) >= 11 is 0. The number of aliphatic hydroxyl groups is 1. The van der Waals surface area contributed by atoms with E-state index in [4.69, 9.17) is 4.74 Å². The molecule has 0 amide bonds. The van der Waals surface area contributed by atoms with Crippen molar-refractivity contribution in [1.29, 1.82) is 0 Å². The summed E-state index contributed by atoms with van der Waals surface area (Å²) in [7, 11) is 1.66. The molecule has 3 heteroatoms. The smallest absolute Gasteiger partial charge is 0.118 e. The molecular weight excluding hydrogens is 262 g/mol. The lowest BCUT2D eigenvalue weighted by atomic mass is 9.82. The normalized spacial score (nSPS) is 19.9. The zero-order valence-corrected chi connectivity index (χ0v) is 12.5. The van der Waals surface area contributed by atoms with E-state index in [2.05, 4.69) is 11.1 Å². The first-order valence-corrected chi connectivity index (χ1v) is 7.39. The average molecular weight is 283 g/mol. The summed E-state index contributed by atoms with van der Waals surface area (Å²) in [5, 5.41) is 11.0. The Balaban J connectivity index is 1.80. The Morgan fingerprint density at radius 3 is 2.76 bits per heavy atom. The first-order valence-electron chi connectivity index (χ1n) is 7.39. The summed E-state index contributed by atoms with van der Waals surface area (Å²) < 4.78 is 5.17. The minimum atomic E-state index is -0.784. The summed E-state index contributed by atoms with van der Waals surface area (Å²) in [6.07, 6.45) is 4.42. The molecule has 0 radical (unpaired) electrons. The fourth-order valence-corrected chi connectivity index (χ4v) is 3.30. The summed E-state index contributed by atoms with van der Waals surface area (Å²) in [5.41, 5.74) is 2.67. The number of hydrogen-bond acceptors (Lipinski definition) is 3. The molecule has 2 atom stereocenters. The molecule has 1 aromatic heterocycles. The number of nitrogens with zero attached hydrogens (tertiary/aromatic N) is 1. The van der Waals surface area contributed by atoms with Gasteiger partial charge in [-0.1, -0.05) is 18.2 Å². The molecule has 110 valence electrons. The molecule has 0 fully saturated rings. The van der Waals surface area contributed by atoms with Gasteiger partial charge in [0.2, 0.25) is 0 Å². The topological polar surface area (TPSA) is 42.4 Å². The van der Waals surface area contributed by atoms with Crippen LogP contribution in [0.15, 0.2) is 42.6 Å². The molecule has 1 heterocycles. The fourth-order valence-electron chi connectivity index (χ4n) is 3.30. The van der Waals surface area contributed by atoms with Crippen LogP contribution in [0.5, 0.6) is 5.75 Å². The zero-order valence-electron chi connectivity index (χ0n) is 12.5. The lowest BCUT2D eigenvalue weighted by Crippen LogP contribution is -2.34. The lowest BCUT2D eigenvalue weighted by Gasteiger charge is -2.30. The number of fused-ring (bicyclic) bond motifs is 1. The van der Waals surface area contributed by atoms with E-state index in [1.807, 2.05) is 43.5 Å². The van der Waals surface area contributed by atoms with E-state index in [1.165, 1.54) is 5.56 Å². The molecule has 2 unspecified atom stereocenters. The highest BCUT2D eigenvalue weighted by atomic mass is 16.5. The van der Waals surface area contributed by atoms with Crippen LogP contribution < -0.4 is 4.74 Å². The number of aromatic nitrogens is 1. The van der Waals surface area contributed by atoms with E-state index in [9.17, 15) is 5.11 Å². The van der Waals surface area contributed by atoms with Crippen molar-refractivity contribution < 1.29 is 9.84 Å². The van der Waals surface area contributed by atoms with Gasteiger partial charge in [-0.25, -0.2) is 0 Å². The third-order valence-electron chi connectivity index (χ3n) is 4.43. The second kappa shape index (κ2) is 5.49. The van der Waals surface area contributed by atoms with Gasteiger partial charge in [0, 0.05) is 24.2 Å². The van der Waals surface area contributed by atoms with Crippen LogP contribution in [0.3, 0.4) is 0 Å². The Hall–Kier alpha value is -1.87. The lowest BCUT2D eigenvalue weighted by molar-refractivity contribution is 0.0299. The van der Waals surface area contributed by atoms with Crippen LogP contribution in [0.1, 0.15) is 36.1 Å². The highest BCUT2D eigenvalue weighted by Gasteiger charge is 2.38. The zero-order chi connectivity index (χ0) is 14.9. The van der Waals surface area contributed by atoms with Crippen molar-refractivity contribution in [2.45, 2.75) is 37.7 Å². The molecular formula is C18H21NO2. The highest BCUT2D eigenvalue weighted by molar-refractivity contribution is 5.33. The van der Waals surface area contributed by atoms with Crippen molar-refractivity contribution >= 4 is 0 Å². The van der Waals surface area contributed by atoms with E-state index in [0.29, 0.717) is 6.42 Å². The summed E-state index contributed by atoms with van der Waals surface area (Å²) in [6, 6.07) is 12.0. The van der Waals surface area contributed by atoms with Gasteiger partial charge in [0.05, 0.1) is 12.7 Å². The van der Waals surface area contributed by atoms with Gasteiger partial charge in [-0.3, -0.25) is 4.98 Å². The van der Waals surface area contributed by atoms with Crippen LogP contribution >= 0.6 is 0 Å². The largest absolute Gasteiger partial charge is 0.497 e. The van der Waals surface area contributed by atoms with Gasteiger partial charge in [0.15, 0.2) is 0 Å². The Morgan fingerprint density at radius 1 is 1.29 bits per heavy atom. The number of rotatable bonds is 4. The minimum absolute atomic E-state index is 0.107. The van der Waals surface area contributed by atoms with Crippen LogP contribution in [0.2, 0.25) is 0 Å². The number of ether oxygens (including phenoxy) is 1. The molecule has 1 aliphatic rings. The quantitative estimate of drug-likeness (QED) is 0.937. The van der Waals surface area contributed by atoms with E-state index >= 15 is 0 Å². The van der Waals surface area contributed by atoms with Crippen molar-refractivity contribution in [2.24, 2.45) is 0 Å². The molecule has 21 heavy (non-hydrogen) atoms. The molecule has 0 bridgehead atoms. The van der Waals surface area contributed by atoms with Crippen LogP contribution in [0.4, 0.5) is 0 Å². The molecule has 0 spiro atoms. The van der Waals surface area contributed by atoms with Gasteiger partial charge in [-0.2, -0.15) is 0 Å². The predicted octanol–water partition coefficient (Wildman–Crippen LogP) is 3.11. The Bertz CT molecular complexity index is 619. The molecule has 1 N–H and O–H groups in total. The van der Waals surface area contributed by atoms with Crippen molar-refractivity contribution in [3.63, 3.8) is 0 Å². The summed E-state index contributed by atoms with van der Waals surface area (Å²) in [4.78, 5) is 4.50. The molecule has 1 aliphatic carbocycles. The maximum atomic E-state index is 11.0. The molecule has 0 saturated heterocycles. The second-order valence-corrected chi connectivity index (χ2v) is 6.02. The third-order valence-corrected chi connectivity index (χ3v) is 4.43. The fraction of sp³-hybridized carbons (Fsp3) is 0.389. The van der Waals surface area contributed by atoms with Crippen molar-refractivity contribution in [1.82, 2.24) is 4.98 Å². The number of aryl methyl sites for hydroxylation is 1. The van der Waals surface area contributed by atoms with Crippen LogP contribution in [-0.4, -0.2) is 22.8 Å². The van der Waals surface area contributed by atoms with Gasteiger partial charge in [-0.15, -0.1) is 0 Å². The number of benzene rings is 1. The number of methoxy groups -OCH3 is 1. The molecule has 0 aliphatic heterocycles. The van der Waals surface area contributed by atoms with Crippen LogP contribution in [-0.2, 0) is 12.8 Å². The maximum Gasteiger partial charge on any atom is 0.118 e. The van der Waals surface area contributed by atoms with Crippen LogP contribution in [0.25, 0.3) is 0 Å². The summed E-state index contributed by atoms with van der Waals surface area (Å²) in [6.45, 7) is 1.92. The molecule has 1 aromatic carbocycles. The number of pyridine rings is 1. The van der Waals surface area contributed by atoms with Gasteiger partial charge >= 0.3 is 0 Å². The SMILES string of the molecule is COc1ccc(CC(C)(O)C2CCc3cccnc32)cc1.